The molecule has 4 N–H and O–H groups in total. The fourth-order valence-electron chi connectivity index (χ4n) is 4.82. The summed E-state index contributed by atoms with van der Waals surface area (Å²) in [6.07, 6.45) is 0.451. The molecule has 9 heteroatoms. The van der Waals surface area contributed by atoms with E-state index in [1.54, 1.807) is 26.8 Å². The summed E-state index contributed by atoms with van der Waals surface area (Å²) in [6.45, 7) is 12.6. The zero-order valence-corrected chi connectivity index (χ0v) is 24.9. The molecule has 0 saturated carbocycles. The van der Waals surface area contributed by atoms with Gasteiger partial charge in [-0.25, -0.2) is 4.79 Å². The highest BCUT2D eigenvalue weighted by atomic mass is 16.6. The number of nitrogens with two attached hydrogens (primary N) is 1. The zero-order valence-electron chi connectivity index (χ0n) is 24.9. The van der Waals surface area contributed by atoms with Crippen LogP contribution in [0.15, 0.2) is 73.3 Å². The van der Waals surface area contributed by atoms with Gasteiger partial charge < -0.3 is 26.0 Å². The van der Waals surface area contributed by atoms with Gasteiger partial charge in [0, 0.05) is 18.7 Å². The first-order valence-corrected chi connectivity index (χ1v) is 13.9. The fraction of sp³-hybridized carbons (Fsp3) is 0.333. The van der Waals surface area contributed by atoms with Gasteiger partial charge in [0.2, 0.25) is 11.8 Å². The summed E-state index contributed by atoms with van der Waals surface area (Å²) in [6, 6.07) is 16.7. The van der Waals surface area contributed by atoms with E-state index in [9.17, 15) is 19.2 Å². The normalized spacial score (nSPS) is 12.6. The Morgan fingerprint density at radius 2 is 1.62 bits per heavy atom. The highest BCUT2D eigenvalue weighted by molar-refractivity contribution is 6.01. The average molecular weight is 573 g/mol. The van der Waals surface area contributed by atoms with E-state index in [-0.39, 0.29) is 19.4 Å². The van der Waals surface area contributed by atoms with Crippen molar-refractivity contribution in [2.75, 3.05) is 11.9 Å². The van der Waals surface area contributed by atoms with Gasteiger partial charge in [0.05, 0.1) is 0 Å². The summed E-state index contributed by atoms with van der Waals surface area (Å²) in [4.78, 5) is 54.1. The van der Waals surface area contributed by atoms with Crippen LogP contribution in [0.5, 0.6) is 0 Å². The highest BCUT2D eigenvalue weighted by Crippen LogP contribution is 2.30. The van der Waals surface area contributed by atoms with Crippen LogP contribution in [0, 0.1) is 13.8 Å². The standard InChI is InChI=1S/C33H40N4O5/c1-7-19-37(31(40)26(17-18-27(34)38)36-32(41)42-33(4,5)6)29(28-21(2)11-10-12-22(28)3)30(39)35-25-16-15-23-13-8-9-14-24(23)20-25/h7-16,20,26,29H,1,17-19H2,2-6H3,(H2,34,38)(H,35,39)(H,36,41). The number of benzene rings is 3. The maximum atomic E-state index is 14.2. The number of amides is 4. The lowest BCUT2D eigenvalue weighted by molar-refractivity contribution is -0.140. The summed E-state index contributed by atoms with van der Waals surface area (Å²) in [5, 5.41) is 7.55. The van der Waals surface area contributed by atoms with Crippen molar-refractivity contribution in [3.8, 4) is 0 Å². The Kier molecular flexibility index (Phi) is 10.5. The molecule has 0 fully saturated rings. The SMILES string of the molecule is C=CCN(C(=O)C(CCC(N)=O)NC(=O)OC(C)(C)C)C(C(=O)Nc1ccc2ccccc2c1)c1c(C)cccc1C. The number of aryl methyl sites for hydroxylation is 2. The molecule has 0 aromatic heterocycles. The van der Waals surface area contributed by atoms with E-state index in [4.69, 9.17) is 10.5 Å². The second-order valence-corrected chi connectivity index (χ2v) is 11.2. The van der Waals surface area contributed by atoms with Crippen molar-refractivity contribution in [2.24, 2.45) is 5.73 Å². The molecule has 0 bridgehead atoms. The number of hydrogen-bond donors (Lipinski definition) is 3. The number of primary amides is 1. The van der Waals surface area contributed by atoms with E-state index in [0.717, 1.165) is 21.9 Å². The Morgan fingerprint density at radius 3 is 2.21 bits per heavy atom. The second kappa shape index (κ2) is 13.8. The Hall–Kier alpha value is -4.66. The van der Waals surface area contributed by atoms with Crippen LogP contribution in [-0.4, -0.2) is 46.9 Å². The molecule has 222 valence electrons. The maximum Gasteiger partial charge on any atom is 0.408 e. The quantitative estimate of drug-likeness (QED) is 0.268. The van der Waals surface area contributed by atoms with Crippen molar-refractivity contribution < 1.29 is 23.9 Å². The molecule has 3 aromatic carbocycles. The van der Waals surface area contributed by atoms with Crippen LogP contribution in [-0.2, 0) is 19.1 Å². The molecule has 3 rings (SSSR count). The maximum absolute atomic E-state index is 14.2. The third-order valence-electron chi connectivity index (χ3n) is 6.67. The molecule has 42 heavy (non-hydrogen) atoms. The molecule has 2 atom stereocenters. The van der Waals surface area contributed by atoms with Crippen LogP contribution in [0.25, 0.3) is 10.8 Å². The van der Waals surface area contributed by atoms with Crippen molar-refractivity contribution in [1.82, 2.24) is 10.2 Å². The molecule has 0 heterocycles. The largest absolute Gasteiger partial charge is 0.444 e. The van der Waals surface area contributed by atoms with Gasteiger partial charge in [-0.1, -0.05) is 54.6 Å². The Labute approximate surface area is 247 Å². The van der Waals surface area contributed by atoms with Crippen LogP contribution in [0.3, 0.4) is 0 Å². The third-order valence-corrected chi connectivity index (χ3v) is 6.67. The highest BCUT2D eigenvalue weighted by Gasteiger charge is 2.37. The first-order valence-electron chi connectivity index (χ1n) is 13.9. The van der Waals surface area contributed by atoms with Crippen molar-refractivity contribution in [3.63, 3.8) is 0 Å². The average Bonchev–Trinajstić information content (AvgIpc) is 2.90. The van der Waals surface area contributed by atoms with Gasteiger partial charge in [0.1, 0.15) is 17.7 Å². The summed E-state index contributed by atoms with van der Waals surface area (Å²) in [7, 11) is 0. The molecule has 0 aliphatic heterocycles. The molecule has 0 aliphatic rings. The van der Waals surface area contributed by atoms with Crippen LogP contribution in [0.2, 0.25) is 0 Å². The molecule has 4 amide bonds. The van der Waals surface area contributed by atoms with Gasteiger partial charge in [-0.2, -0.15) is 0 Å². The molecule has 0 spiro atoms. The van der Waals surface area contributed by atoms with Crippen LogP contribution < -0.4 is 16.4 Å². The Bertz CT molecular complexity index is 1460. The van der Waals surface area contributed by atoms with Gasteiger partial charge in [-0.15, -0.1) is 6.58 Å². The van der Waals surface area contributed by atoms with Gasteiger partial charge in [-0.05, 0) is 80.6 Å². The number of anilines is 1. The number of ether oxygens (including phenoxy) is 1. The molecule has 9 nitrogen and oxygen atoms in total. The first-order chi connectivity index (χ1) is 19.8. The van der Waals surface area contributed by atoms with Crippen molar-refractivity contribution in [2.45, 2.75) is 65.1 Å². The van der Waals surface area contributed by atoms with Gasteiger partial charge in [0.25, 0.3) is 5.91 Å². The smallest absolute Gasteiger partial charge is 0.408 e. The lowest BCUT2D eigenvalue weighted by atomic mass is 9.93. The number of rotatable bonds is 11. The van der Waals surface area contributed by atoms with E-state index >= 15 is 0 Å². The predicted octanol–water partition coefficient (Wildman–Crippen LogP) is 5.31. The number of hydrogen-bond acceptors (Lipinski definition) is 5. The van der Waals surface area contributed by atoms with Crippen molar-refractivity contribution in [3.05, 3.63) is 90.0 Å². The van der Waals surface area contributed by atoms with Crippen LogP contribution in [0.1, 0.15) is 56.3 Å². The fourth-order valence-corrected chi connectivity index (χ4v) is 4.82. The lowest BCUT2D eigenvalue weighted by Gasteiger charge is -2.35. The van der Waals surface area contributed by atoms with Crippen molar-refractivity contribution in [1.29, 1.82) is 0 Å². The van der Waals surface area contributed by atoms with Crippen LogP contribution >= 0.6 is 0 Å². The minimum Gasteiger partial charge on any atom is -0.444 e. The predicted molar refractivity (Wildman–Crippen MR) is 165 cm³/mol. The number of nitrogens with one attached hydrogen (secondary N) is 2. The first kappa shape index (κ1) is 31.9. The third kappa shape index (κ3) is 8.42. The van der Waals surface area contributed by atoms with Crippen LogP contribution in [0.4, 0.5) is 10.5 Å². The zero-order chi connectivity index (χ0) is 31.0. The summed E-state index contributed by atoms with van der Waals surface area (Å²) in [5.74, 6) is -1.65. The van der Waals surface area contributed by atoms with Gasteiger partial charge >= 0.3 is 6.09 Å². The molecular weight excluding hydrogens is 532 g/mol. The van der Waals surface area contributed by atoms with Gasteiger partial charge in [0.15, 0.2) is 0 Å². The molecular formula is C33H40N4O5. The molecule has 0 saturated heterocycles. The molecule has 0 radical (unpaired) electrons. The van der Waals surface area contributed by atoms with E-state index in [2.05, 4.69) is 17.2 Å². The number of alkyl carbamates (subject to hydrolysis) is 1. The minimum atomic E-state index is -1.19. The number of fused-ring (bicyclic) bond motifs is 1. The molecule has 3 aromatic rings. The second-order valence-electron chi connectivity index (χ2n) is 11.2. The number of carbonyl (C=O) groups excluding carboxylic acids is 4. The molecule has 0 aliphatic carbocycles. The van der Waals surface area contributed by atoms with E-state index in [1.165, 1.54) is 11.0 Å². The summed E-state index contributed by atoms with van der Waals surface area (Å²) >= 11 is 0. The lowest BCUT2D eigenvalue weighted by Crippen LogP contribution is -2.52. The number of nitrogens with zero attached hydrogens (tertiary/aromatic N) is 1. The van der Waals surface area contributed by atoms with E-state index in [0.29, 0.717) is 11.3 Å². The van der Waals surface area contributed by atoms with Crippen molar-refractivity contribution >= 4 is 40.3 Å². The minimum absolute atomic E-state index is 0.00845. The molecule has 2 unspecified atom stereocenters. The summed E-state index contributed by atoms with van der Waals surface area (Å²) in [5.41, 5.74) is 7.40. The Morgan fingerprint density at radius 1 is 0.976 bits per heavy atom. The number of carbonyl (C=O) groups is 4. The van der Waals surface area contributed by atoms with Gasteiger partial charge in [-0.3, -0.25) is 14.4 Å². The monoisotopic (exact) mass is 572 g/mol. The van der Waals surface area contributed by atoms with E-state index in [1.807, 2.05) is 68.4 Å². The van der Waals surface area contributed by atoms with E-state index < -0.39 is 41.5 Å². The topological polar surface area (TPSA) is 131 Å². The Balaban J connectivity index is 2.06. The summed E-state index contributed by atoms with van der Waals surface area (Å²) < 4.78 is 5.37.